The normalized spacial score (nSPS) is 15.1. The molecule has 1 fully saturated rings. The Hall–Kier alpha value is -3.13. The molecule has 0 aliphatic carbocycles. The van der Waals surface area contributed by atoms with Crippen molar-refractivity contribution in [2.45, 2.75) is 19.4 Å². The number of nitrogens with zero attached hydrogens (tertiary/aromatic N) is 4. The molecule has 32 heavy (non-hydrogen) atoms. The summed E-state index contributed by atoms with van der Waals surface area (Å²) in [6.45, 7) is 3.95. The van der Waals surface area contributed by atoms with Crippen LogP contribution in [-0.4, -0.2) is 34.1 Å². The van der Waals surface area contributed by atoms with E-state index >= 15 is 0 Å². The number of fused-ring (bicyclic) bond motifs is 1. The smallest absolute Gasteiger partial charge is 0.0656 e. The van der Waals surface area contributed by atoms with Crippen molar-refractivity contribution in [3.63, 3.8) is 0 Å². The summed E-state index contributed by atoms with van der Waals surface area (Å²) in [5.41, 5.74) is 5.66. The lowest BCUT2D eigenvalue weighted by atomic mass is 9.99. The molecule has 0 N–H and O–H groups in total. The van der Waals surface area contributed by atoms with E-state index in [0.29, 0.717) is 0 Å². The van der Waals surface area contributed by atoms with Gasteiger partial charge >= 0.3 is 0 Å². The van der Waals surface area contributed by atoms with Crippen molar-refractivity contribution in [1.29, 1.82) is 5.26 Å². The summed E-state index contributed by atoms with van der Waals surface area (Å²) in [5.74, 6) is 0.226. The van der Waals surface area contributed by atoms with Crippen LogP contribution in [0.4, 0.5) is 0 Å². The fourth-order valence-electron chi connectivity index (χ4n) is 4.61. The number of para-hydroxylation sites is 1. The van der Waals surface area contributed by atoms with Crippen molar-refractivity contribution in [1.82, 2.24) is 14.5 Å². The first kappa shape index (κ1) is 20.8. The Morgan fingerprint density at radius 3 is 2.56 bits per heavy atom. The predicted octanol–water partition coefficient (Wildman–Crippen LogP) is 6.26. The van der Waals surface area contributed by atoms with Crippen molar-refractivity contribution in [3.8, 4) is 28.3 Å². The molecule has 0 atom stereocenters. The van der Waals surface area contributed by atoms with E-state index in [1.807, 2.05) is 30.6 Å². The second-order valence-electron chi connectivity index (χ2n) is 8.47. The maximum Gasteiger partial charge on any atom is 0.0656 e. The first-order chi connectivity index (χ1) is 15.7. The van der Waals surface area contributed by atoms with Crippen LogP contribution in [-0.2, 0) is 6.54 Å². The molecule has 5 heteroatoms. The van der Waals surface area contributed by atoms with Gasteiger partial charge in [-0.15, -0.1) is 0 Å². The van der Waals surface area contributed by atoms with Crippen LogP contribution in [0, 0.1) is 17.2 Å². The van der Waals surface area contributed by atoms with E-state index in [9.17, 15) is 0 Å². The molecule has 2 aromatic heterocycles. The zero-order valence-corrected chi connectivity index (χ0v) is 18.7. The Bertz CT molecular complexity index is 1280. The molecular formula is C27H25ClN4. The second kappa shape index (κ2) is 9.16. The number of pyridine rings is 1. The van der Waals surface area contributed by atoms with Crippen LogP contribution in [0.5, 0.6) is 0 Å². The standard InChI is InChI=1S/C27H25ClN4/c28-24-5-3-4-21(15-24)22-14-23(18-30-17-22)26-19-32(27-7-2-1-6-25(26)27)13-12-31-10-8-20(16-29)9-11-31/h1-7,14-15,17-20H,8-13H2. The van der Waals surface area contributed by atoms with Gasteiger partial charge in [-0.3, -0.25) is 4.98 Å². The highest BCUT2D eigenvalue weighted by Gasteiger charge is 2.19. The molecule has 0 bridgehead atoms. The van der Waals surface area contributed by atoms with Gasteiger partial charge in [0.05, 0.1) is 6.07 Å². The molecule has 1 aliphatic heterocycles. The van der Waals surface area contributed by atoms with Crippen molar-refractivity contribution in [2.75, 3.05) is 19.6 Å². The monoisotopic (exact) mass is 440 g/mol. The van der Waals surface area contributed by atoms with Gasteiger partial charge in [-0.25, -0.2) is 0 Å². The maximum absolute atomic E-state index is 9.14. The van der Waals surface area contributed by atoms with Gasteiger partial charge < -0.3 is 9.47 Å². The molecule has 5 rings (SSSR count). The maximum atomic E-state index is 9.14. The lowest BCUT2D eigenvalue weighted by Crippen LogP contribution is -2.35. The van der Waals surface area contributed by atoms with E-state index in [1.165, 1.54) is 16.5 Å². The van der Waals surface area contributed by atoms with E-state index < -0.39 is 0 Å². The van der Waals surface area contributed by atoms with E-state index in [1.54, 1.807) is 0 Å². The number of nitriles is 1. The highest BCUT2D eigenvalue weighted by Crippen LogP contribution is 2.33. The van der Waals surface area contributed by atoms with Crippen molar-refractivity contribution >= 4 is 22.5 Å². The second-order valence-corrected chi connectivity index (χ2v) is 8.91. The molecule has 3 heterocycles. The molecule has 0 unspecified atom stereocenters. The predicted molar refractivity (Wildman–Crippen MR) is 130 cm³/mol. The number of hydrogen-bond donors (Lipinski definition) is 0. The number of piperidine rings is 1. The first-order valence-corrected chi connectivity index (χ1v) is 11.5. The molecule has 2 aromatic carbocycles. The van der Waals surface area contributed by atoms with Gasteiger partial charge in [-0.1, -0.05) is 41.9 Å². The Kier molecular flexibility index (Phi) is 5.94. The van der Waals surface area contributed by atoms with Gasteiger partial charge in [0, 0.05) is 70.2 Å². The summed E-state index contributed by atoms with van der Waals surface area (Å²) in [4.78, 5) is 7.01. The molecular weight excluding hydrogens is 416 g/mol. The summed E-state index contributed by atoms with van der Waals surface area (Å²) in [5, 5.41) is 11.1. The highest BCUT2D eigenvalue weighted by molar-refractivity contribution is 6.30. The number of aromatic nitrogens is 2. The van der Waals surface area contributed by atoms with Gasteiger partial charge in [0.15, 0.2) is 0 Å². The van der Waals surface area contributed by atoms with Crippen molar-refractivity contribution in [3.05, 3.63) is 78.2 Å². The number of halogens is 1. The molecule has 1 aliphatic rings. The third-order valence-corrected chi connectivity index (χ3v) is 6.66. The van der Waals surface area contributed by atoms with Crippen LogP contribution >= 0.6 is 11.6 Å². The zero-order chi connectivity index (χ0) is 21.9. The van der Waals surface area contributed by atoms with Crippen molar-refractivity contribution < 1.29 is 0 Å². The summed E-state index contributed by atoms with van der Waals surface area (Å²) in [6, 6.07) is 21.1. The topological polar surface area (TPSA) is 44.9 Å². The van der Waals surface area contributed by atoms with E-state index in [4.69, 9.17) is 16.9 Å². The van der Waals surface area contributed by atoms with E-state index in [-0.39, 0.29) is 5.92 Å². The Balaban J connectivity index is 1.43. The fourth-order valence-corrected chi connectivity index (χ4v) is 4.80. The van der Waals surface area contributed by atoms with Gasteiger partial charge in [-0.2, -0.15) is 5.26 Å². The molecule has 1 saturated heterocycles. The molecule has 0 spiro atoms. The summed E-state index contributed by atoms with van der Waals surface area (Å²) >= 11 is 6.20. The molecule has 0 radical (unpaired) electrons. The summed E-state index contributed by atoms with van der Waals surface area (Å²) in [6.07, 6.45) is 8.05. The molecule has 160 valence electrons. The summed E-state index contributed by atoms with van der Waals surface area (Å²) in [7, 11) is 0. The van der Waals surface area contributed by atoms with E-state index in [0.717, 1.165) is 60.7 Å². The number of rotatable bonds is 5. The quantitative estimate of drug-likeness (QED) is 0.368. The third kappa shape index (κ3) is 4.27. The average Bonchev–Trinajstić information content (AvgIpc) is 3.22. The molecule has 0 amide bonds. The molecule has 0 saturated carbocycles. The Labute approximate surface area is 193 Å². The van der Waals surface area contributed by atoms with Crippen LogP contribution in [0.2, 0.25) is 5.02 Å². The Morgan fingerprint density at radius 2 is 1.75 bits per heavy atom. The number of hydrogen-bond acceptors (Lipinski definition) is 3. The van der Waals surface area contributed by atoms with Gasteiger partial charge in [0.2, 0.25) is 0 Å². The zero-order valence-electron chi connectivity index (χ0n) is 17.9. The minimum atomic E-state index is 0.226. The first-order valence-electron chi connectivity index (χ1n) is 11.1. The van der Waals surface area contributed by atoms with Crippen molar-refractivity contribution in [2.24, 2.45) is 5.92 Å². The highest BCUT2D eigenvalue weighted by atomic mass is 35.5. The van der Waals surface area contributed by atoms with Crippen LogP contribution in [0.3, 0.4) is 0 Å². The largest absolute Gasteiger partial charge is 0.346 e. The van der Waals surface area contributed by atoms with E-state index in [2.05, 4.69) is 63.1 Å². The molecule has 4 aromatic rings. The van der Waals surface area contributed by atoms with Crippen LogP contribution in [0.25, 0.3) is 33.2 Å². The minimum absolute atomic E-state index is 0.226. The minimum Gasteiger partial charge on any atom is -0.346 e. The Morgan fingerprint density at radius 1 is 0.938 bits per heavy atom. The number of benzene rings is 2. The van der Waals surface area contributed by atoms with Gasteiger partial charge in [0.25, 0.3) is 0 Å². The lowest BCUT2D eigenvalue weighted by molar-refractivity contribution is 0.200. The fraction of sp³-hybridized carbons (Fsp3) is 0.259. The van der Waals surface area contributed by atoms with Gasteiger partial charge in [-0.05, 0) is 55.8 Å². The van der Waals surface area contributed by atoms with Crippen LogP contribution < -0.4 is 0 Å². The SMILES string of the molecule is N#CC1CCN(CCn2cc(-c3cncc(-c4cccc(Cl)c4)c3)c3ccccc32)CC1. The average molecular weight is 441 g/mol. The summed E-state index contributed by atoms with van der Waals surface area (Å²) < 4.78 is 2.35. The third-order valence-electron chi connectivity index (χ3n) is 6.42. The lowest BCUT2D eigenvalue weighted by Gasteiger charge is -2.29. The van der Waals surface area contributed by atoms with Crippen LogP contribution in [0.1, 0.15) is 12.8 Å². The number of likely N-dealkylation sites (tertiary alicyclic amines) is 1. The molecule has 4 nitrogen and oxygen atoms in total. The van der Waals surface area contributed by atoms with Crippen LogP contribution in [0.15, 0.2) is 73.2 Å². The van der Waals surface area contributed by atoms with Gasteiger partial charge in [0.1, 0.15) is 0 Å².